The maximum atomic E-state index is 10.9. The minimum atomic E-state index is -0.315. The Kier molecular flexibility index (Phi) is 3.02. The van der Waals surface area contributed by atoms with Crippen LogP contribution in [0.25, 0.3) is 0 Å². The molecule has 0 fully saturated rings. The number of carbonyl (C=O) groups excluding carboxylic acids is 1. The fraction of sp³-hybridized carbons (Fsp3) is 0.250. The van der Waals surface area contributed by atoms with Crippen LogP contribution in [0.5, 0.6) is 0 Å². The topological polar surface area (TPSA) is 35.5 Å². The van der Waals surface area contributed by atoms with Crippen LogP contribution in [-0.2, 0) is 20.9 Å². The van der Waals surface area contributed by atoms with Gasteiger partial charge in [0.1, 0.15) is 12.4 Å². The molecule has 0 atom stereocenters. The van der Waals surface area contributed by atoms with Crippen LogP contribution in [0, 0.1) is 0 Å². The molecule has 0 unspecified atom stereocenters. The summed E-state index contributed by atoms with van der Waals surface area (Å²) in [6.07, 6.45) is 2.07. The fourth-order valence-electron chi connectivity index (χ4n) is 1.36. The Morgan fingerprint density at radius 1 is 1.27 bits per heavy atom. The third-order valence-electron chi connectivity index (χ3n) is 2.14. The van der Waals surface area contributed by atoms with E-state index in [2.05, 4.69) is 0 Å². The molecule has 0 spiro atoms. The maximum absolute atomic E-state index is 10.9. The van der Waals surface area contributed by atoms with Gasteiger partial charge >= 0.3 is 5.97 Å². The smallest absolute Gasteiger partial charge is 0.334 e. The zero-order chi connectivity index (χ0) is 10.5. The van der Waals surface area contributed by atoms with Gasteiger partial charge in [-0.05, 0) is 5.56 Å². The van der Waals surface area contributed by atoms with Crippen molar-refractivity contribution in [3.63, 3.8) is 0 Å². The van der Waals surface area contributed by atoms with Gasteiger partial charge in [0.05, 0.1) is 12.7 Å². The van der Waals surface area contributed by atoms with Crippen molar-refractivity contribution in [3.05, 3.63) is 47.7 Å². The van der Waals surface area contributed by atoms with Gasteiger partial charge in [0, 0.05) is 6.42 Å². The van der Waals surface area contributed by atoms with Crippen LogP contribution in [0.1, 0.15) is 12.0 Å². The maximum Gasteiger partial charge on any atom is 0.334 e. The molecule has 0 saturated carbocycles. The second-order valence-corrected chi connectivity index (χ2v) is 3.30. The van der Waals surface area contributed by atoms with Crippen molar-refractivity contribution in [2.45, 2.75) is 13.0 Å². The van der Waals surface area contributed by atoms with Crippen molar-refractivity contribution >= 4 is 5.97 Å². The minimum absolute atomic E-state index is 0.315. The molecule has 1 aliphatic rings. The largest absolute Gasteiger partial charge is 0.493 e. The molecule has 15 heavy (non-hydrogen) atoms. The predicted octanol–water partition coefficient (Wildman–Crippen LogP) is 2.03. The van der Waals surface area contributed by atoms with Gasteiger partial charge in [0.2, 0.25) is 0 Å². The van der Waals surface area contributed by atoms with Crippen LogP contribution in [0.4, 0.5) is 0 Å². The van der Waals surface area contributed by atoms with Crippen LogP contribution in [-0.4, -0.2) is 12.6 Å². The van der Waals surface area contributed by atoms with Crippen LogP contribution < -0.4 is 0 Å². The Hall–Kier alpha value is -1.77. The van der Waals surface area contributed by atoms with Crippen molar-refractivity contribution < 1.29 is 14.3 Å². The number of esters is 1. The average molecular weight is 204 g/mol. The van der Waals surface area contributed by atoms with Crippen molar-refractivity contribution in [1.29, 1.82) is 0 Å². The lowest BCUT2D eigenvalue weighted by molar-refractivity contribution is -0.139. The van der Waals surface area contributed by atoms with E-state index in [9.17, 15) is 4.79 Å². The molecule has 1 aliphatic heterocycles. The molecule has 1 heterocycles. The molecule has 78 valence electrons. The Morgan fingerprint density at radius 2 is 2.07 bits per heavy atom. The summed E-state index contributed by atoms with van der Waals surface area (Å²) < 4.78 is 10.3. The Bertz CT molecular complexity index is 368. The first-order chi connectivity index (χ1) is 7.34. The molecule has 0 bridgehead atoms. The molecule has 0 saturated heterocycles. The summed E-state index contributed by atoms with van der Waals surface area (Å²) in [5, 5.41) is 0. The number of ether oxygens (including phenoxy) is 2. The third kappa shape index (κ3) is 2.84. The van der Waals surface area contributed by atoms with Crippen molar-refractivity contribution in [2.24, 2.45) is 0 Å². The number of rotatable bonds is 3. The standard InChI is InChI=1S/C12H12O3/c13-12-8-11(6-7-14-12)15-9-10-4-2-1-3-5-10/h1-5,8H,6-7,9H2. The number of hydrogen-bond donors (Lipinski definition) is 0. The Morgan fingerprint density at radius 3 is 2.80 bits per heavy atom. The number of benzene rings is 1. The molecule has 0 aliphatic carbocycles. The summed E-state index contributed by atoms with van der Waals surface area (Å²) in [6.45, 7) is 0.916. The highest BCUT2D eigenvalue weighted by Gasteiger charge is 2.11. The van der Waals surface area contributed by atoms with Gasteiger partial charge in [0.25, 0.3) is 0 Å². The number of hydrogen-bond acceptors (Lipinski definition) is 3. The van der Waals surface area contributed by atoms with E-state index in [-0.39, 0.29) is 5.97 Å². The van der Waals surface area contributed by atoms with Crippen LogP contribution in [0.2, 0.25) is 0 Å². The van der Waals surface area contributed by atoms with Crippen molar-refractivity contribution in [3.8, 4) is 0 Å². The van der Waals surface area contributed by atoms with Crippen LogP contribution >= 0.6 is 0 Å². The summed E-state index contributed by atoms with van der Waals surface area (Å²) in [5.41, 5.74) is 1.09. The summed E-state index contributed by atoms with van der Waals surface area (Å²) in [7, 11) is 0. The van der Waals surface area contributed by atoms with E-state index in [1.54, 1.807) is 0 Å². The van der Waals surface area contributed by atoms with E-state index in [1.165, 1.54) is 6.08 Å². The van der Waals surface area contributed by atoms with Crippen LogP contribution in [0.15, 0.2) is 42.2 Å². The molecular weight excluding hydrogens is 192 g/mol. The first-order valence-corrected chi connectivity index (χ1v) is 4.88. The molecule has 1 aromatic carbocycles. The molecule has 1 aromatic rings. The van der Waals surface area contributed by atoms with E-state index < -0.39 is 0 Å². The molecule has 0 aromatic heterocycles. The summed E-state index contributed by atoms with van der Waals surface area (Å²) in [6, 6.07) is 9.86. The van der Waals surface area contributed by atoms with Gasteiger partial charge in [-0.3, -0.25) is 0 Å². The first-order valence-electron chi connectivity index (χ1n) is 4.88. The monoisotopic (exact) mass is 204 g/mol. The molecule has 0 N–H and O–H groups in total. The molecular formula is C12H12O3. The predicted molar refractivity (Wildman–Crippen MR) is 54.9 cm³/mol. The lowest BCUT2D eigenvalue weighted by atomic mass is 10.2. The van der Waals surface area contributed by atoms with Crippen LogP contribution in [0.3, 0.4) is 0 Å². The average Bonchev–Trinajstić information content (AvgIpc) is 2.28. The SMILES string of the molecule is O=C1C=C(OCc2ccccc2)CCO1. The van der Waals surface area contributed by atoms with Gasteiger partial charge in [-0.15, -0.1) is 0 Å². The zero-order valence-electron chi connectivity index (χ0n) is 8.31. The highest BCUT2D eigenvalue weighted by molar-refractivity contribution is 5.83. The van der Waals surface area contributed by atoms with E-state index in [0.29, 0.717) is 25.4 Å². The molecule has 0 radical (unpaired) electrons. The zero-order valence-corrected chi connectivity index (χ0v) is 8.31. The lowest BCUT2D eigenvalue weighted by Crippen LogP contribution is -2.12. The first kappa shape index (κ1) is 9.77. The summed E-state index contributed by atoms with van der Waals surface area (Å²) in [4.78, 5) is 10.9. The highest BCUT2D eigenvalue weighted by Crippen LogP contribution is 2.12. The van der Waals surface area contributed by atoms with Gasteiger partial charge in [-0.2, -0.15) is 0 Å². The minimum Gasteiger partial charge on any atom is -0.493 e. The van der Waals surface area contributed by atoms with Crippen molar-refractivity contribution in [1.82, 2.24) is 0 Å². The molecule has 3 nitrogen and oxygen atoms in total. The van der Waals surface area contributed by atoms with Gasteiger partial charge < -0.3 is 9.47 Å². The molecule has 0 amide bonds. The van der Waals surface area contributed by atoms with Gasteiger partial charge in [-0.1, -0.05) is 30.3 Å². The Balaban J connectivity index is 1.91. The summed E-state index contributed by atoms with van der Waals surface area (Å²) >= 11 is 0. The highest BCUT2D eigenvalue weighted by atomic mass is 16.5. The number of carbonyl (C=O) groups is 1. The third-order valence-corrected chi connectivity index (χ3v) is 2.14. The van der Waals surface area contributed by atoms with Gasteiger partial charge in [-0.25, -0.2) is 4.79 Å². The summed E-state index contributed by atoms with van der Waals surface area (Å²) in [5.74, 6) is 0.388. The van der Waals surface area contributed by atoms with Gasteiger partial charge in [0.15, 0.2) is 0 Å². The normalized spacial score (nSPS) is 15.5. The quantitative estimate of drug-likeness (QED) is 0.707. The second kappa shape index (κ2) is 4.64. The van der Waals surface area contributed by atoms with Crippen molar-refractivity contribution in [2.75, 3.05) is 6.61 Å². The fourth-order valence-corrected chi connectivity index (χ4v) is 1.36. The number of cyclic esters (lactones) is 1. The Labute approximate surface area is 88.3 Å². The van der Waals surface area contributed by atoms with E-state index in [1.807, 2.05) is 30.3 Å². The van der Waals surface area contributed by atoms with E-state index >= 15 is 0 Å². The molecule has 3 heteroatoms. The van der Waals surface area contributed by atoms with E-state index in [4.69, 9.17) is 9.47 Å². The molecule has 2 rings (SSSR count). The lowest BCUT2D eigenvalue weighted by Gasteiger charge is -2.14. The second-order valence-electron chi connectivity index (χ2n) is 3.30. The van der Waals surface area contributed by atoms with E-state index in [0.717, 1.165) is 5.56 Å².